The fourth-order valence-electron chi connectivity index (χ4n) is 5.32. The Hall–Kier alpha value is -3.10. The third-order valence-corrected chi connectivity index (χ3v) is 7.66. The zero-order chi connectivity index (χ0) is 27.6. The Morgan fingerprint density at radius 1 is 1.11 bits per heavy atom. The van der Waals surface area contributed by atoms with Crippen molar-refractivity contribution in [2.45, 2.75) is 90.3 Å². The SMILES string of the molecule is C[C@H]1CC(=O)Cc2cc(C(=O)NCCC3CC3)ccc2N1C(=O)N(C)C1CCN(C(=O)OC(C)(C)C)CC1. The van der Waals surface area contributed by atoms with Crippen LogP contribution in [0.25, 0.3) is 0 Å². The second kappa shape index (κ2) is 11.3. The average molecular weight is 527 g/mol. The minimum atomic E-state index is -0.550. The molecule has 0 aromatic heterocycles. The predicted octanol–water partition coefficient (Wildman–Crippen LogP) is 4.38. The van der Waals surface area contributed by atoms with Gasteiger partial charge < -0.3 is 19.9 Å². The molecule has 1 saturated heterocycles. The molecule has 1 saturated carbocycles. The third-order valence-electron chi connectivity index (χ3n) is 7.66. The Bertz CT molecular complexity index is 1070. The van der Waals surface area contributed by atoms with Crippen molar-refractivity contribution >= 4 is 29.5 Å². The summed E-state index contributed by atoms with van der Waals surface area (Å²) in [6.45, 7) is 9.11. The standard InChI is InChI=1S/C29H42N4O5/c1-19-16-24(34)18-22-17-21(26(35)30-13-10-20-6-7-20)8-9-25(22)33(19)27(36)31(5)23-11-14-32(15-12-23)28(37)38-29(2,3)4/h8-9,17,19-20,23H,6-7,10-16,18H2,1-5H3,(H,30,35)/t19-/m0/s1. The lowest BCUT2D eigenvalue weighted by molar-refractivity contribution is -0.118. The number of likely N-dealkylation sites (tertiary alicyclic amines) is 1. The van der Waals surface area contributed by atoms with Crippen LogP contribution in [0.2, 0.25) is 0 Å². The molecule has 1 atom stereocenters. The van der Waals surface area contributed by atoms with Crippen LogP contribution in [0.4, 0.5) is 15.3 Å². The summed E-state index contributed by atoms with van der Waals surface area (Å²) >= 11 is 0. The van der Waals surface area contributed by atoms with E-state index in [1.54, 1.807) is 39.9 Å². The van der Waals surface area contributed by atoms with E-state index in [1.807, 2.05) is 27.7 Å². The molecule has 1 aromatic rings. The monoisotopic (exact) mass is 526 g/mol. The molecule has 1 aromatic carbocycles. The predicted molar refractivity (Wildman–Crippen MR) is 145 cm³/mol. The largest absolute Gasteiger partial charge is 0.444 e. The highest BCUT2D eigenvalue weighted by molar-refractivity contribution is 6.00. The van der Waals surface area contributed by atoms with Crippen molar-refractivity contribution in [3.8, 4) is 0 Å². The van der Waals surface area contributed by atoms with Gasteiger partial charge in [0.1, 0.15) is 11.4 Å². The molecular formula is C29H42N4O5. The maximum Gasteiger partial charge on any atom is 0.410 e. The average Bonchev–Trinajstić information content (AvgIpc) is 3.68. The summed E-state index contributed by atoms with van der Waals surface area (Å²) in [4.78, 5) is 56.8. The number of hydrogen-bond acceptors (Lipinski definition) is 5. The first-order valence-corrected chi connectivity index (χ1v) is 13.9. The summed E-state index contributed by atoms with van der Waals surface area (Å²) in [5, 5.41) is 2.98. The van der Waals surface area contributed by atoms with E-state index in [4.69, 9.17) is 4.74 Å². The second-order valence-electron chi connectivity index (χ2n) is 12.1. The van der Waals surface area contributed by atoms with Crippen molar-refractivity contribution in [3.63, 3.8) is 0 Å². The number of piperidine rings is 1. The molecule has 0 spiro atoms. The Kier molecular flexibility index (Phi) is 8.33. The van der Waals surface area contributed by atoms with Gasteiger partial charge in [-0.2, -0.15) is 0 Å². The lowest BCUT2D eigenvalue weighted by atomic mass is 10.0. The molecular weight excluding hydrogens is 484 g/mol. The quantitative estimate of drug-likeness (QED) is 0.614. The number of ketones is 1. The van der Waals surface area contributed by atoms with Crippen LogP contribution in [0.3, 0.4) is 0 Å². The summed E-state index contributed by atoms with van der Waals surface area (Å²) in [7, 11) is 1.79. The minimum Gasteiger partial charge on any atom is -0.444 e. The fraction of sp³-hybridized carbons (Fsp3) is 0.655. The number of carbonyl (C=O) groups is 4. The fourth-order valence-corrected chi connectivity index (χ4v) is 5.32. The molecule has 3 aliphatic rings. The van der Waals surface area contributed by atoms with Gasteiger partial charge in [0, 0.05) is 62.9 Å². The van der Waals surface area contributed by atoms with Gasteiger partial charge in [-0.25, -0.2) is 9.59 Å². The number of rotatable bonds is 5. The molecule has 2 fully saturated rings. The summed E-state index contributed by atoms with van der Waals surface area (Å²) in [5.41, 5.74) is 1.35. The molecule has 4 amide bonds. The van der Waals surface area contributed by atoms with Crippen LogP contribution >= 0.6 is 0 Å². The van der Waals surface area contributed by atoms with E-state index < -0.39 is 5.60 Å². The van der Waals surface area contributed by atoms with Crippen molar-refractivity contribution < 1.29 is 23.9 Å². The van der Waals surface area contributed by atoms with Gasteiger partial charge in [-0.15, -0.1) is 0 Å². The molecule has 2 heterocycles. The molecule has 4 rings (SSSR count). The van der Waals surface area contributed by atoms with E-state index in [2.05, 4.69) is 5.32 Å². The number of hydrogen-bond donors (Lipinski definition) is 1. The number of benzene rings is 1. The van der Waals surface area contributed by atoms with Crippen molar-refractivity contribution in [1.82, 2.24) is 15.1 Å². The number of fused-ring (bicyclic) bond motifs is 1. The molecule has 2 aliphatic heterocycles. The molecule has 208 valence electrons. The van der Waals surface area contributed by atoms with E-state index in [1.165, 1.54) is 12.8 Å². The van der Waals surface area contributed by atoms with Gasteiger partial charge in [0.15, 0.2) is 0 Å². The molecule has 9 heteroatoms. The van der Waals surface area contributed by atoms with Crippen molar-refractivity contribution in [2.75, 3.05) is 31.6 Å². The van der Waals surface area contributed by atoms with Gasteiger partial charge >= 0.3 is 12.1 Å². The molecule has 1 N–H and O–H groups in total. The van der Waals surface area contributed by atoms with E-state index in [0.29, 0.717) is 49.3 Å². The van der Waals surface area contributed by atoms with E-state index >= 15 is 0 Å². The first-order valence-electron chi connectivity index (χ1n) is 13.9. The highest BCUT2D eigenvalue weighted by Gasteiger charge is 2.36. The number of urea groups is 1. The Balaban J connectivity index is 1.44. The molecule has 1 aliphatic carbocycles. The summed E-state index contributed by atoms with van der Waals surface area (Å²) < 4.78 is 5.49. The van der Waals surface area contributed by atoms with Crippen LogP contribution in [0.5, 0.6) is 0 Å². The number of Topliss-reactive ketones (excluding diaryl/α,β-unsaturated/α-hetero) is 1. The van der Waals surface area contributed by atoms with Crippen LogP contribution < -0.4 is 10.2 Å². The minimum absolute atomic E-state index is 0.0349. The smallest absolute Gasteiger partial charge is 0.410 e. The van der Waals surface area contributed by atoms with Gasteiger partial charge in [0.05, 0.1) is 0 Å². The zero-order valence-corrected chi connectivity index (χ0v) is 23.4. The highest BCUT2D eigenvalue weighted by Crippen LogP contribution is 2.33. The molecule has 0 radical (unpaired) electrons. The normalized spacial score (nSPS) is 20.4. The number of ether oxygens (including phenoxy) is 1. The van der Waals surface area contributed by atoms with Crippen LogP contribution in [0.1, 0.15) is 82.1 Å². The number of carbonyl (C=O) groups excluding carboxylic acids is 4. The van der Waals surface area contributed by atoms with Crippen LogP contribution in [0, 0.1) is 5.92 Å². The van der Waals surface area contributed by atoms with Gasteiger partial charge in [-0.1, -0.05) is 12.8 Å². The maximum absolute atomic E-state index is 13.8. The van der Waals surface area contributed by atoms with Crippen LogP contribution in [-0.4, -0.2) is 78.0 Å². The molecule has 38 heavy (non-hydrogen) atoms. The van der Waals surface area contributed by atoms with E-state index in [9.17, 15) is 19.2 Å². The van der Waals surface area contributed by atoms with Gasteiger partial charge in [-0.3, -0.25) is 14.5 Å². The topological polar surface area (TPSA) is 99.3 Å². The Morgan fingerprint density at radius 3 is 2.42 bits per heavy atom. The van der Waals surface area contributed by atoms with Crippen molar-refractivity contribution in [3.05, 3.63) is 29.3 Å². The third kappa shape index (κ3) is 6.85. The number of anilines is 1. The number of nitrogens with zero attached hydrogens (tertiary/aromatic N) is 3. The summed E-state index contributed by atoms with van der Waals surface area (Å²) in [6, 6.07) is 4.79. The Morgan fingerprint density at radius 2 is 1.79 bits per heavy atom. The lowest BCUT2D eigenvalue weighted by Gasteiger charge is -2.40. The molecule has 0 unspecified atom stereocenters. The van der Waals surface area contributed by atoms with Gasteiger partial charge in [0.2, 0.25) is 0 Å². The first-order chi connectivity index (χ1) is 17.9. The van der Waals surface area contributed by atoms with Crippen molar-refractivity contribution in [2.24, 2.45) is 5.92 Å². The van der Waals surface area contributed by atoms with Gasteiger partial charge in [0.25, 0.3) is 5.91 Å². The van der Waals surface area contributed by atoms with Crippen molar-refractivity contribution in [1.29, 1.82) is 0 Å². The zero-order valence-electron chi connectivity index (χ0n) is 23.4. The van der Waals surface area contributed by atoms with Crippen LogP contribution in [-0.2, 0) is 16.0 Å². The molecule has 0 bridgehead atoms. The highest BCUT2D eigenvalue weighted by atomic mass is 16.6. The first kappa shape index (κ1) is 27.9. The maximum atomic E-state index is 13.8. The lowest BCUT2D eigenvalue weighted by Crippen LogP contribution is -2.53. The van der Waals surface area contributed by atoms with Gasteiger partial charge in [-0.05, 0) is 76.6 Å². The molecule has 9 nitrogen and oxygen atoms in total. The number of amides is 4. The summed E-state index contributed by atoms with van der Waals surface area (Å²) in [5.74, 6) is 0.640. The second-order valence-corrected chi connectivity index (χ2v) is 12.1. The Labute approximate surface area is 225 Å². The van der Waals surface area contributed by atoms with Crippen LogP contribution in [0.15, 0.2) is 18.2 Å². The summed E-state index contributed by atoms with van der Waals surface area (Å²) in [6.07, 6.45) is 4.92. The number of nitrogens with one attached hydrogen (secondary N) is 1. The van der Waals surface area contributed by atoms with E-state index in [-0.39, 0.29) is 48.7 Å². The van der Waals surface area contributed by atoms with E-state index in [0.717, 1.165) is 12.3 Å².